The smallest absolute Gasteiger partial charge is 0.251 e. The summed E-state index contributed by atoms with van der Waals surface area (Å²) < 4.78 is 10.3. The van der Waals surface area contributed by atoms with Crippen LogP contribution in [0.1, 0.15) is 48.9 Å². The molecule has 0 fully saturated rings. The molecule has 1 aliphatic carbocycles. The van der Waals surface area contributed by atoms with Crippen LogP contribution in [0.15, 0.2) is 29.8 Å². The largest absolute Gasteiger partial charge is 0.493 e. The first kappa shape index (κ1) is 19.8. The van der Waals surface area contributed by atoms with Crippen molar-refractivity contribution in [3.63, 3.8) is 0 Å². The maximum Gasteiger partial charge on any atom is 0.251 e. The van der Waals surface area contributed by atoms with Gasteiger partial charge in [-0.15, -0.1) is 0 Å². The number of allylic oxidation sites excluding steroid dienone is 1. The van der Waals surface area contributed by atoms with Gasteiger partial charge in [0.2, 0.25) is 5.91 Å². The van der Waals surface area contributed by atoms with Gasteiger partial charge in [0.25, 0.3) is 5.91 Å². The number of hydrogen-bond acceptors (Lipinski definition) is 4. The number of amides is 2. The molecule has 2 amide bonds. The molecule has 142 valence electrons. The number of benzene rings is 1. The van der Waals surface area contributed by atoms with Crippen LogP contribution in [-0.2, 0) is 4.79 Å². The van der Waals surface area contributed by atoms with Gasteiger partial charge in [-0.05, 0) is 50.3 Å². The minimum absolute atomic E-state index is 0.0472. The Morgan fingerprint density at radius 1 is 1.04 bits per heavy atom. The van der Waals surface area contributed by atoms with Gasteiger partial charge < -0.3 is 20.1 Å². The molecule has 0 saturated carbocycles. The molecule has 1 aromatic rings. The topological polar surface area (TPSA) is 76.7 Å². The standard InChI is InChI=1S/C20H28N2O4/c1-25-17-9-8-16(14-18(17)26-2)20(24)22-13-11-19(23)21-12-10-15-6-4-3-5-7-15/h6,8-9,14H,3-5,7,10-13H2,1-2H3,(H,21,23)(H,22,24). The Bertz CT molecular complexity index is 655. The van der Waals surface area contributed by atoms with Crippen LogP contribution in [0.4, 0.5) is 0 Å². The summed E-state index contributed by atoms with van der Waals surface area (Å²) in [6, 6.07) is 4.96. The molecule has 2 N–H and O–H groups in total. The van der Waals surface area contributed by atoms with Gasteiger partial charge in [-0.1, -0.05) is 11.6 Å². The SMILES string of the molecule is COc1ccc(C(=O)NCCC(=O)NCCC2=CCCCC2)cc1OC. The predicted octanol–water partition coefficient (Wildman–Crippen LogP) is 2.83. The second-order valence-corrected chi connectivity index (χ2v) is 6.28. The molecule has 0 bridgehead atoms. The van der Waals surface area contributed by atoms with Crippen molar-refractivity contribution in [2.75, 3.05) is 27.3 Å². The summed E-state index contributed by atoms with van der Waals surface area (Å²) >= 11 is 0. The normalized spacial score (nSPS) is 13.5. The van der Waals surface area contributed by atoms with Crippen LogP contribution in [0.2, 0.25) is 0 Å². The van der Waals surface area contributed by atoms with Gasteiger partial charge in [0.1, 0.15) is 0 Å². The quantitative estimate of drug-likeness (QED) is 0.664. The minimum atomic E-state index is -0.244. The highest BCUT2D eigenvalue weighted by Crippen LogP contribution is 2.27. The van der Waals surface area contributed by atoms with Crippen LogP contribution < -0.4 is 20.1 Å². The lowest BCUT2D eigenvalue weighted by Gasteiger charge is -2.13. The Balaban J connectivity index is 1.69. The summed E-state index contributed by atoms with van der Waals surface area (Å²) in [7, 11) is 3.06. The van der Waals surface area contributed by atoms with Gasteiger partial charge in [-0.3, -0.25) is 9.59 Å². The highest BCUT2D eigenvalue weighted by Gasteiger charge is 2.11. The maximum atomic E-state index is 12.2. The van der Waals surface area contributed by atoms with Gasteiger partial charge in [-0.25, -0.2) is 0 Å². The lowest BCUT2D eigenvalue weighted by Crippen LogP contribution is -2.31. The van der Waals surface area contributed by atoms with E-state index in [1.807, 2.05) is 0 Å². The van der Waals surface area contributed by atoms with Crippen LogP contribution >= 0.6 is 0 Å². The molecule has 0 spiro atoms. The average molecular weight is 360 g/mol. The zero-order valence-corrected chi connectivity index (χ0v) is 15.6. The molecule has 6 nitrogen and oxygen atoms in total. The maximum absolute atomic E-state index is 12.2. The van der Waals surface area contributed by atoms with E-state index in [1.165, 1.54) is 25.5 Å². The lowest BCUT2D eigenvalue weighted by molar-refractivity contribution is -0.120. The minimum Gasteiger partial charge on any atom is -0.493 e. The van der Waals surface area contributed by atoms with Gasteiger partial charge in [-0.2, -0.15) is 0 Å². The lowest BCUT2D eigenvalue weighted by atomic mass is 9.97. The van der Waals surface area contributed by atoms with Crippen molar-refractivity contribution < 1.29 is 19.1 Å². The van der Waals surface area contributed by atoms with Crippen molar-refractivity contribution in [3.05, 3.63) is 35.4 Å². The van der Waals surface area contributed by atoms with E-state index in [1.54, 1.807) is 25.3 Å². The highest BCUT2D eigenvalue weighted by atomic mass is 16.5. The van der Waals surface area contributed by atoms with Gasteiger partial charge in [0.05, 0.1) is 14.2 Å². The van der Waals surface area contributed by atoms with Gasteiger partial charge >= 0.3 is 0 Å². The van der Waals surface area contributed by atoms with Gasteiger partial charge in [0, 0.05) is 25.1 Å². The number of nitrogens with one attached hydrogen (secondary N) is 2. The van der Waals surface area contributed by atoms with E-state index in [4.69, 9.17) is 9.47 Å². The summed E-state index contributed by atoms with van der Waals surface area (Å²) in [6.07, 6.45) is 8.31. The zero-order chi connectivity index (χ0) is 18.8. The molecule has 0 aromatic heterocycles. The van der Waals surface area contributed by atoms with E-state index in [2.05, 4.69) is 16.7 Å². The number of carbonyl (C=O) groups is 2. The van der Waals surface area contributed by atoms with Crippen LogP contribution in [0, 0.1) is 0 Å². The molecule has 26 heavy (non-hydrogen) atoms. The van der Waals surface area contributed by atoms with Crippen LogP contribution in [0.3, 0.4) is 0 Å². The highest BCUT2D eigenvalue weighted by molar-refractivity contribution is 5.95. The third kappa shape index (κ3) is 6.10. The number of ether oxygens (including phenoxy) is 2. The summed E-state index contributed by atoms with van der Waals surface area (Å²) in [5.41, 5.74) is 1.91. The Labute approximate surface area is 154 Å². The molecule has 0 atom stereocenters. The average Bonchev–Trinajstić information content (AvgIpc) is 2.68. The van der Waals surface area contributed by atoms with Crippen LogP contribution in [0.25, 0.3) is 0 Å². The molecule has 2 rings (SSSR count). The first-order valence-electron chi connectivity index (χ1n) is 9.09. The van der Waals surface area contributed by atoms with E-state index >= 15 is 0 Å². The monoisotopic (exact) mass is 360 g/mol. The molecule has 0 aliphatic heterocycles. The summed E-state index contributed by atoms with van der Waals surface area (Å²) in [5, 5.41) is 5.66. The second-order valence-electron chi connectivity index (χ2n) is 6.28. The van der Waals surface area contributed by atoms with E-state index in [-0.39, 0.29) is 18.2 Å². The number of hydrogen-bond donors (Lipinski definition) is 2. The molecule has 1 aliphatic rings. The van der Waals surface area contributed by atoms with Gasteiger partial charge in [0.15, 0.2) is 11.5 Å². The molecule has 0 heterocycles. The fraction of sp³-hybridized carbons (Fsp3) is 0.500. The van der Waals surface area contributed by atoms with Crippen molar-refractivity contribution in [2.24, 2.45) is 0 Å². The Morgan fingerprint density at radius 3 is 2.54 bits per heavy atom. The molecular formula is C20H28N2O4. The first-order valence-corrected chi connectivity index (χ1v) is 9.09. The number of carbonyl (C=O) groups excluding carboxylic acids is 2. The number of rotatable bonds is 9. The molecule has 1 aromatic carbocycles. The Morgan fingerprint density at radius 2 is 1.85 bits per heavy atom. The van der Waals surface area contributed by atoms with Crippen molar-refractivity contribution in [2.45, 2.75) is 38.5 Å². The second kappa shape index (κ2) is 10.5. The Kier molecular flexibility index (Phi) is 7.99. The molecule has 0 radical (unpaired) electrons. The summed E-state index contributed by atoms with van der Waals surface area (Å²) in [4.78, 5) is 24.0. The predicted molar refractivity (Wildman–Crippen MR) is 101 cm³/mol. The van der Waals surface area contributed by atoms with Crippen molar-refractivity contribution in [1.29, 1.82) is 0 Å². The summed E-state index contributed by atoms with van der Waals surface area (Å²) in [6.45, 7) is 0.954. The van der Waals surface area contributed by atoms with Crippen molar-refractivity contribution >= 4 is 11.8 Å². The molecular weight excluding hydrogens is 332 g/mol. The third-order valence-electron chi connectivity index (χ3n) is 4.44. The van der Waals surface area contributed by atoms with E-state index in [9.17, 15) is 9.59 Å². The van der Waals surface area contributed by atoms with E-state index < -0.39 is 0 Å². The van der Waals surface area contributed by atoms with E-state index in [0.717, 1.165) is 19.3 Å². The van der Waals surface area contributed by atoms with Crippen LogP contribution in [0.5, 0.6) is 11.5 Å². The molecule has 0 unspecified atom stereocenters. The Hall–Kier alpha value is -2.50. The fourth-order valence-corrected chi connectivity index (χ4v) is 2.95. The third-order valence-corrected chi connectivity index (χ3v) is 4.44. The van der Waals surface area contributed by atoms with Crippen molar-refractivity contribution in [3.8, 4) is 11.5 Å². The van der Waals surface area contributed by atoms with Crippen LogP contribution in [-0.4, -0.2) is 39.1 Å². The summed E-state index contributed by atoms with van der Waals surface area (Å²) in [5.74, 6) is 0.770. The molecule has 0 saturated heterocycles. The van der Waals surface area contributed by atoms with E-state index in [0.29, 0.717) is 30.2 Å². The fourth-order valence-electron chi connectivity index (χ4n) is 2.95. The molecule has 6 heteroatoms. The first-order chi connectivity index (χ1) is 12.6. The van der Waals surface area contributed by atoms with Crippen molar-refractivity contribution in [1.82, 2.24) is 10.6 Å². The zero-order valence-electron chi connectivity index (χ0n) is 15.6. The number of methoxy groups -OCH3 is 2.